The van der Waals surface area contributed by atoms with E-state index in [9.17, 15) is 18.0 Å². The summed E-state index contributed by atoms with van der Waals surface area (Å²) in [6.45, 7) is 0. The van der Waals surface area contributed by atoms with Crippen molar-refractivity contribution in [1.29, 1.82) is 0 Å². The summed E-state index contributed by atoms with van der Waals surface area (Å²) in [5.41, 5.74) is -0.115. The van der Waals surface area contributed by atoms with E-state index in [0.29, 0.717) is 12.1 Å². The SMILES string of the molecule is O=C(CCc1nccs1)Nc1nc2ccc(C(F)(F)F)nc2n1C1=CC=C1. The Morgan fingerprint density at radius 2 is 2.07 bits per heavy atom. The number of hydrogen-bond donors (Lipinski definition) is 1. The van der Waals surface area contributed by atoms with Crippen molar-refractivity contribution in [2.45, 2.75) is 19.0 Å². The maximum atomic E-state index is 13.0. The molecule has 4 rings (SSSR count). The molecule has 0 saturated carbocycles. The number of aromatic nitrogens is 4. The molecule has 27 heavy (non-hydrogen) atoms. The van der Waals surface area contributed by atoms with Crippen LogP contribution in [-0.2, 0) is 17.4 Å². The van der Waals surface area contributed by atoms with E-state index in [1.807, 2.05) is 5.38 Å². The summed E-state index contributed by atoms with van der Waals surface area (Å²) in [6.07, 6.45) is 2.90. The van der Waals surface area contributed by atoms with Gasteiger partial charge in [-0.05, 0) is 24.3 Å². The first-order valence-electron chi connectivity index (χ1n) is 7.95. The van der Waals surface area contributed by atoms with Gasteiger partial charge in [-0.2, -0.15) is 13.2 Å². The number of pyridine rings is 1. The number of halogens is 3. The van der Waals surface area contributed by atoms with Gasteiger partial charge in [-0.3, -0.25) is 14.7 Å². The summed E-state index contributed by atoms with van der Waals surface area (Å²) in [6, 6.07) is 2.12. The molecule has 3 aromatic heterocycles. The molecule has 0 atom stereocenters. The van der Waals surface area contributed by atoms with Gasteiger partial charge in [0.15, 0.2) is 5.65 Å². The highest BCUT2D eigenvalue weighted by Crippen LogP contribution is 2.32. The number of carbonyl (C=O) groups is 1. The van der Waals surface area contributed by atoms with Gasteiger partial charge in [0.05, 0.1) is 10.7 Å². The smallest absolute Gasteiger partial charge is 0.296 e. The standard InChI is InChI=1S/C17H12F3N5OS/c18-17(19,20)12-5-4-11-15(23-12)25(10-2-1-3-10)16(22-11)24-13(26)6-7-14-21-8-9-27-14/h1-5,8-9H,6-7H2,(H,22,24,26). The van der Waals surface area contributed by atoms with Crippen molar-refractivity contribution in [3.05, 3.63) is 52.6 Å². The van der Waals surface area contributed by atoms with Gasteiger partial charge in [0.25, 0.3) is 0 Å². The van der Waals surface area contributed by atoms with E-state index < -0.39 is 11.9 Å². The van der Waals surface area contributed by atoms with Crippen molar-refractivity contribution in [3.63, 3.8) is 0 Å². The molecule has 0 spiro atoms. The number of hydrogen-bond acceptors (Lipinski definition) is 5. The number of imidazole rings is 1. The lowest BCUT2D eigenvalue weighted by atomic mass is 10.2. The number of carbonyl (C=O) groups excluding carboxylic acids is 1. The van der Waals surface area contributed by atoms with Gasteiger partial charge in [-0.15, -0.1) is 11.3 Å². The molecule has 1 amide bonds. The number of amides is 1. The zero-order chi connectivity index (χ0) is 19.0. The molecule has 138 valence electrons. The number of allylic oxidation sites excluding steroid dienone is 4. The minimum Gasteiger partial charge on any atom is -0.296 e. The molecule has 0 aliphatic heterocycles. The molecule has 0 saturated heterocycles. The maximum Gasteiger partial charge on any atom is 0.433 e. The van der Waals surface area contributed by atoms with Gasteiger partial charge < -0.3 is 0 Å². The second-order valence-corrected chi connectivity index (χ2v) is 6.71. The van der Waals surface area contributed by atoms with Crippen LogP contribution >= 0.6 is 11.3 Å². The van der Waals surface area contributed by atoms with Crippen molar-refractivity contribution >= 4 is 40.1 Å². The van der Waals surface area contributed by atoms with E-state index in [1.54, 1.807) is 24.4 Å². The minimum atomic E-state index is -4.57. The highest BCUT2D eigenvalue weighted by molar-refractivity contribution is 7.09. The second-order valence-electron chi connectivity index (χ2n) is 5.73. The first-order chi connectivity index (χ1) is 12.9. The lowest BCUT2D eigenvalue weighted by Gasteiger charge is -2.14. The van der Waals surface area contributed by atoms with Crippen molar-refractivity contribution in [2.75, 3.05) is 5.32 Å². The number of anilines is 1. The van der Waals surface area contributed by atoms with Crippen LogP contribution < -0.4 is 5.32 Å². The molecule has 1 aliphatic rings. The number of thiazole rings is 1. The van der Waals surface area contributed by atoms with E-state index in [1.165, 1.54) is 22.0 Å². The molecule has 1 aliphatic carbocycles. The van der Waals surface area contributed by atoms with Crippen molar-refractivity contribution in [2.24, 2.45) is 0 Å². The Kier molecular flexibility index (Phi) is 4.27. The molecule has 0 unspecified atom stereocenters. The molecule has 0 bridgehead atoms. The fourth-order valence-corrected chi connectivity index (χ4v) is 3.18. The molecule has 3 heterocycles. The lowest BCUT2D eigenvalue weighted by molar-refractivity contribution is -0.141. The van der Waals surface area contributed by atoms with E-state index in [2.05, 4.69) is 20.3 Å². The predicted molar refractivity (Wildman–Crippen MR) is 95.0 cm³/mol. The Balaban J connectivity index is 1.64. The first-order valence-corrected chi connectivity index (χ1v) is 8.83. The zero-order valence-electron chi connectivity index (χ0n) is 13.7. The lowest BCUT2D eigenvalue weighted by Crippen LogP contribution is -2.17. The minimum absolute atomic E-state index is 0.0376. The fourth-order valence-electron chi connectivity index (χ4n) is 2.56. The average molecular weight is 391 g/mol. The normalized spacial score (nSPS) is 13.5. The van der Waals surface area contributed by atoms with Crippen LogP contribution in [0.5, 0.6) is 0 Å². The number of alkyl halides is 3. The molecule has 0 aromatic carbocycles. The number of nitrogens with zero attached hydrogens (tertiary/aromatic N) is 4. The largest absolute Gasteiger partial charge is 0.433 e. The summed E-state index contributed by atoms with van der Waals surface area (Å²) in [4.78, 5) is 24.3. The number of fused-ring (bicyclic) bond motifs is 1. The molecule has 6 nitrogen and oxygen atoms in total. The van der Waals surface area contributed by atoms with Gasteiger partial charge in [-0.1, -0.05) is 6.08 Å². The van der Waals surface area contributed by atoms with Crippen molar-refractivity contribution in [3.8, 4) is 0 Å². The van der Waals surface area contributed by atoms with Crippen LogP contribution in [0.15, 0.2) is 41.9 Å². The van der Waals surface area contributed by atoms with E-state index >= 15 is 0 Å². The molecule has 0 fully saturated rings. The quantitative estimate of drug-likeness (QED) is 0.716. The topological polar surface area (TPSA) is 72.7 Å². The van der Waals surface area contributed by atoms with Crippen molar-refractivity contribution < 1.29 is 18.0 Å². The molecule has 1 N–H and O–H groups in total. The second kappa shape index (κ2) is 6.62. The Bertz CT molecular complexity index is 1070. The van der Waals surface area contributed by atoms with E-state index in [0.717, 1.165) is 11.1 Å². The van der Waals surface area contributed by atoms with Gasteiger partial charge >= 0.3 is 6.18 Å². The molecular weight excluding hydrogens is 379 g/mol. The monoisotopic (exact) mass is 391 g/mol. The summed E-state index contributed by atoms with van der Waals surface area (Å²) >= 11 is 1.45. The Labute approximate surface area is 155 Å². The fraction of sp³-hybridized carbons (Fsp3) is 0.176. The summed E-state index contributed by atoms with van der Waals surface area (Å²) in [5.74, 6) is -0.168. The molecule has 0 radical (unpaired) electrons. The van der Waals surface area contributed by atoms with Gasteiger partial charge in [0.2, 0.25) is 11.9 Å². The third kappa shape index (κ3) is 3.47. The van der Waals surface area contributed by atoms with Crippen LogP contribution in [0.25, 0.3) is 16.9 Å². The van der Waals surface area contributed by atoms with Crippen LogP contribution in [0.3, 0.4) is 0 Å². The number of aryl methyl sites for hydroxylation is 1. The maximum absolute atomic E-state index is 13.0. The number of rotatable bonds is 5. The van der Waals surface area contributed by atoms with E-state index in [-0.39, 0.29) is 29.4 Å². The molecule has 3 aromatic rings. The Morgan fingerprint density at radius 1 is 1.26 bits per heavy atom. The van der Waals surface area contributed by atoms with E-state index in [4.69, 9.17) is 0 Å². The molecular formula is C17H12F3N5OS. The first kappa shape index (κ1) is 17.4. The Morgan fingerprint density at radius 3 is 2.70 bits per heavy atom. The summed E-state index contributed by atoms with van der Waals surface area (Å²) in [7, 11) is 0. The van der Waals surface area contributed by atoms with Crippen LogP contribution in [0.1, 0.15) is 17.1 Å². The van der Waals surface area contributed by atoms with Crippen LogP contribution in [-0.4, -0.2) is 25.4 Å². The third-order valence-corrected chi connectivity index (χ3v) is 4.73. The predicted octanol–water partition coefficient (Wildman–Crippen LogP) is 3.89. The number of nitrogens with one attached hydrogen (secondary N) is 1. The molecule has 10 heteroatoms. The van der Waals surface area contributed by atoms with Crippen LogP contribution in [0, 0.1) is 0 Å². The van der Waals surface area contributed by atoms with Gasteiger partial charge in [-0.25, -0.2) is 15.0 Å². The summed E-state index contributed by atoms with van der Waals surface area (Å²) < 4.78 is 40.4. The van der Waals surface area contributed by atoms with Crippen LogP contribution in [0.2, 0.25) is 0 Å². The average Bonchev–Trinajstić information content (AvgIpc) is 3.19. The summed E-state index contributed by atoms with van der Waals surface area (Å²) in [5, 5.41) is 5.32. The van der Waals surface area contributed by atoms with Gasteiger partial charge in [0.1, 0.15) is 11.2 Å². The highest BCUT2D eigenvalue weighted by Gasteiger charge is 2.33. The third-order valence-electron chi connectivity index (χ3n) is 3.89. The van der Waals surface area contributed by atoms with Crippen LogP contribution in [0.4, 0.5) is 19.1 Å². The zero-order valence-corrected chi connectivity index (χ0v) is 14.5. The Hall–Kier alpha value is -3.01. The highest BCUT2D eigenvalue weighted by atomic mass is 32.1. The van der Waals surface area contributed by atoms with Crippen molar-refractivity contribution in [1.82, 2.24) is 19.5 Å². The van der Waals surface area contributed by atoms with Gasteiger partial charge in [0, 0.05) is 24.4 Å².